The van der Waals surface area contributed by atoms with Crippen LogP contribution in [0.4, 0.5) is 4.39 Å². The molecule has 2 aromatic carbocycles. The van der Waals surface area contributed by atoms with Gasteiger partial charge in [-0.1, -0.05) is 57.2 Å². The predicted octanol–water partition coefficient (Wildman–Crippen LogP) is 4.60. The number of rotatable bonds is 2. The predicted molar refractivity (Wildman–Crippen MR) is 75.9 cm³/mol. The molecule has 0 radical (unpaired) electrons. The molecule has 2 rings (SSSR count). The monoisotopic (exact) mass is 256 g/mol. The molecule has 0 bridgehead atoms. The van der Waals surface area contributed by atoms with Gasteiger partial charge in [-0.25, -0.2) is 4.39 Å². The van der Waals surface area contributed by atoms with Crippen molar-refractivity contribution in [3.05, 3.63) is 59.4 Å². The second-order valence-corrected chi connectivity index (χ2v) is 5.66. The Bertz CT molecular complexity index is 609. The van der Waals surface area contributed by atoms with Crippen LogP contribution in [0.5, 0.6) is 0 Å². The molecule has 98 valence electrons. The molecule has 0 N–H and O–H groups in total. The van der Waals surface area contributed by atoms with E-state index in [1.807, 2.05) is 24.3 Å². The maximum absolute atomic E-state index is 14.2. The van der Waals surface area contributed by atoms with Gasteiger partial charge in [-0.3, -0.25) is 4.79 Å². The van der Waals surface area contributed by atoms with Gasteiger partial charge in [-0.2, -0.15) is 0 Å². The van der Waals surface area contributed by atoms with Crippen molar-refractivity contribution in [2.45, 2.75) is 26.2 Å². The van der Waals surface area contributed by atoms with Crippen LogP contribution < -0.4 is 0 Å². The first-order valence-corrected chi connectivity index (χ1v) is 6.28. The van der Waals surface area contributed by atoms with Gasteiger partial charge in [0, 0.05) is 5.56 Å². The average molecular weight is 256 g/mol. The lowest BCUT2D eigenvalue weighted by molar-refractivity contribution is 0.112. The zero-order valence-corrected chi connectivity index (χ0v) is 11.4. The lowest BCUT2D eigenvalue weighted by Gasteiger charge is -2.20. The zero-order chi connectivity index (χ0) is 14.0. The molecule has 0 aromatic heterocycles. The van der Waals surface area contributed by atoms with E-state index in [0.717, 1.165) is 11.1 Å². The maximum atomic E-state index is 14.2. The molecular formula is C17H17FO. The fraction of sp³-hybridized carbons (Fsp3) is 0.235. The Kier molecular flexibility index (Phi) is 3.52. The van der Waals surface area contributed by atoms with Crippen molar-refractivity contribution in [2.75, 3.05) is 0 Å². The second-order valence-electron chi connectivity index (χ2n) is 5.66. The minimum atomic E-state index is -0.455. The molecular weight excluding hydrogens is 239 g/mol. The van der Waals surface area contributed by atoms with Gasteiger partial charge in [0.2, 0.25) is 0 Å². The fourth-order valence-corrected chi connectivity index (χ4v) is 2.02. The van der Waals surface area contributed by atoms with E-state index in [-0.39, 0.29) is 11.0 Å². The van der Waals surface area contributed by atoms with Crippen molar-refractivity contribution in [2.24, 2.45) is 0 Å². The van der Waals surface area contributed by atoms with E-state index < -0.39 is 5.82 Å². The molecule has 2 aromatic rings. The highest BCUT2D eigenvalue weighted by Gasteiger charge is 2.15. The third-order valence-corrected chi connectivity index (χ3v) is 3.20. The molecule has 0 unspecified atom stereocenters. The lowest BCUT2D eigenvalue weighted by atomic mass is 9.85. The number of aldehydes is 1. The van der Waals surface area contributed by atoms with Gasteiger partial charge >= 0.3 is 0 Å². The Morgan fingerprint density at radius 3 is 2.37 bits per heavy atom. The molecule has 19 heavy (non-hydrogen) atoms. The number of halogens is 1. The molecule has 0 atom stereocenters. The molecule has 0 heterocycles. The Labute approximate surface area is 113 Å². The highest BCUT2D eigenvalue weighted by atomic mass is 19.1. The molecule has 0 fully saturated rings. The highest BCUT2D eigenvalue weighted by Crippen LogP contribution is 2.29. The molecule has 0 aliphatic heterocycles. The van der Waals surface area contributed by atoms with Crippen LogP contribution in [0.15, 0.2) is 42.5 Å². The number of hydrogen-bond donors (Lipinski definition) is 0. The van der Waals surface area contributed by atoms with Gasteiger partial charge in [0.15, 0.2) is 6.29 Å². The standard InChI is InChI=1S/C17H17FO/c1-17(2,3)14-8-4-6-12(10-14)15-9-5-7-13(11-19)16(15)18/h4-11H,1-3H3. The van der Waals surface area contributed by atoms with E-state index in [4.69, 9.17) is 0 Å². The largest absolute Gasteiger partial charge is 0.298 e. The summed E-state index contributed by atoms with van der Waals surface area (Å²) in [6.07, 6.45) is 0.548. The van der Waals surface area contributed by atoms with Gasteiger partial charge < -0.3 is 0 Å². The Morgan fingerprint density at radius 2 is 1.74 bits per heavy atom. The summed E-state index contributed by atoms with van der Waals surface area (Å²) in [5.41, 5.74) is 2.51. The summed E-state index contributed by atoms with van der Waals surface area (Å²) in [6.45, 7) is 6.35. The summed E-state index contributed by atoms with van der Waals surface area (Å²) in [4.78, 5) is 10.8. The van der Waals surface area contributed by atoms with E-state index >= 15 is 0 Å². The molecule has 0 spiro atoms. The molecule has 2 heteroatoms. The molecule has 0 saturated heterocycles. The van der Waals surface area contributed by atoms with E-state index in [1.54, 1.807) is 12.1 Å². The fourth-order valence-electron chi connectivity index (χ4n) is 2.02. The van der Waals surface area contributed by atoms with Gasteiger partial charge in [0.1, 0.15) is 5.82 Å². The lowest BCUT2D eigenvalue weighted by Crippen LogP contribution is -2.10. The topological polar surface area (TPSA) is 17.1 Å². The summed E-state index contributed by atoms with van der Waals surface area (Å²) in [7, 11) is 0. The van der Waals surface area contributed by atoms with Crippen LogP contribution in [-0.2, 0) is 5.41 Å². The molecule has 0 aliphatic carbocycles. The van der Waals surface area contributed by atoms with Gasteiger partial charge in [0.25, 0.3) is 0 Å². The van der Waals surface area contributed by atoms with Crippen molar-refractivity contribution >= 4 is 6.29 Å². The van der Waals surface area contributed by atoms with Crippen molar-refractivity contribution in [3.63, 3.8) is 0 Å². The smallest absolute Gasteiger partial charge is 0.153 e. The zero-order valence-electron chi connectivity index (χ0n) is 11.4. The van der Waals surface area contributed by atoms with Crippen LogP contribution in [0.3, 0.4) is 0 Å². The van der Waals surface area contributed by atoms with Crippen molar-refractivity contribution in [3.8, 4) is 11.1 Å². The van der Waals surface area contributed by atoms with Gasteiger partial charge in [-0.05, 0) is 22.6 Å². The Morgan fingerprint density at radius 1 is 1.05 bits per heavy atom. The molecule has 0 amide bonds. The highest BCUT2D eigenvalue weighted by molar-refractivity contribution is 5.79. The third-order valence-electron chi connectivity index (χ3n) is 3.20. The van der Waals surface area contributed by atoms with Crippen LogP contribution in [-0.4, -0.2) is 6.29 Å². The molecule has 0 saturated carbocycles. The maximum Gasteiger partial charge on any atom is 0.153 e. The average Bonchev–Trinajstić information content (AvgIpc) is 2.38. The molecule has 1 nitrogen and oxygen atoms in total. The van der Waals surface area contributed by atoms with E-state index in [2.05, 4.69) is 20.8 Å². The van der Waals surface area contributed by atoms with Crippen LogP contribution in [0.25, 0.3) is 11.1 Å². The van der Waals surface area contributed by atoms with Crippen molar-refractivity contribution in [1.29, 1.82) is 0 Å². The first-order valence-electron chi connectivity index (χ1n) is 6.28. The SMILES string of the molecule is CC(C)(C)c1cccc(-c2cccc(C=O)c2F)c1. The van der Waals surface area contributed by atoms with E-state index in [0.29, 0.717) is 11.8 Å². The van der Waals surface area contributed by atoms with Gasteiger partial charge in [0.05, 0.1) is 5.56 Å². The number of benzene rings is 2. The number of hydrogen-bond acceptors (Lipinski definition) is 1. The minimum absolute atomic E-state index is 0.00869. The van der Waals surface area contributed by atoms with Crippen LogP contribution in [0.2, 0.25) is 0 Å². The van der Waals surface area contributed by atoms with Crippen molar-refractivity contribution in [1.82, 2.24) is 0 Å². The Hall–Kier alpha value is -1.96. The van der Waals surface area contributed by atoms with Crippen LogP contribution >= 0.6 is 0 Å². The quantitative estimate of drug-likeness (QED) is 0.717. The summed E-state index contributed by atoms with van der Waals surface area (Å²) in [6, 6.07) is 12.7. The second kappa shape index (κ2) is 4.96. The van der Waals surface area contributed by atoms with E-state index in [9.17, 15) is 9.18 Å². The first-order chi connectivity index (χ1) is 8.93. The third kappa shape index (κ3) is 2.73. The molecule has 0 aliphatic rings. The summed E-state index contributed by atoms with van der Waals surface area (Å²) in [5.74, 6) is -0.455. The van der Waals surface area contributed by atoms with Crippen LogP contribution in [0, 0.1) is 5.82 Å². The Balaban J connectivity index is 2.57. The van der Waals surface area contributed by atoms with Crippen LogP contribution in [0.1, 0.15) is 36.7 Å². The van der Waals surface area contributed by atoms with Gasteiger partial charge in [-0.15, -0.1) is 0 Å². The summed E-state index contributed by atoms with van der Waals surface area (Å²) < 4.78 is 14.2. The van der Waals surface area contributed by atoms with E-state index in [1.165, 1.54) is 6.07 Å². The summed E-state index contributed by atoms with van der Waals surface area (Å²) in [5, 5.41) is 0. The summed E-state index contributed by atoms with van der Waals surface area (Å²) >= 11 is 0. The minimum Gasteiger partial charge on any atom is -0.298 e. The first kappa shape index (κ1) is 13.5. The normalized spacial score (nSPS) is 11.4. The number of carbonyl (C=O) groups excluding carboxylic acids is 1. The van der Waals surface area contributed by atoms with Crippen molar-refractivity contribution < 1.29 is 9.18 Å². The number of carbonyl (C=O) groups is 1.